The molecular weight excluding hydrogens is 320 g/mol. The summed E-state index contributed by atoms with van der Waals surface area (Å²) in [4.78, 5) is 16.3. The Morgan fingerprint density at radius 3 is 2.96 bits per heavy atom. The topological polar surface area (TPSA) is 77.4 Å². The van der Waals surface area contributed by atoms with Gasteiger partial charge in [0.2, 0.25) is 5.91 Å². The van der Waals surface area contributed by atoms with Gasteiger partial charge in [-0.3, -0.25) is 4.79 Å². The van der Waals surface area contributed by atoms with E-state index in [0.29, 0.717) is 36.2 Å². The Labute approximate surface area is 147 Å². The van der Waals surface area contributed by atoms with Crippen molar-refractivity contribution in [1.82, 2.24) is 14.9 Å². The molecule has 0 saturated carbocycles. The Bertz CT molecular complexity index is 729. The minimum absolute atomic E-state index is 0.0272. The first-order valence-corrected chi connectivity index (χ1v) is 8.44. The molecule has 1 amide bonds. The van der Waals surface area contributed by atoms with Gasteiger partial charge in [0, 0.05) is 55.6 Å². The lowest BCUT2D eigenvalue weighted by molar-refractivity contribution is -0.116. The highest BCUT2D eigenvalue weighted by Gasteiger charge is 2.18. The van der Waals surface area contributed by atoms with Gasteiger partial charge in [0.25, 0.3) is 0 Å². The van der Waals surface area contributed by atoms with Crippen LogP contribution in [0.2, 0.25) is 0 Å². The van der Waals surface area contributed by atoms with Crippen molar-refractivity contribution in [3.05, 3.63) is 36.4 Å². The Kier molecular flexibility index (Phi) is 5.55. The SMILES string of the molecule is COc1ccc(NC(=O)CCNC2CCn3cncc3C2)cc1OC. The number of carbonyl (C=O) groups is 1. The van der Waals surface area contributed by atoms with Gasteiger partial charge in [0.05, 0.1) is 20.5 Å². The van der Waals surface area contributed by atoms with Gasteiger partial charge in [0.1, 0.15) is 0 Å². The molecule has 0 aliphatic carbocycles. The van der Waals surface area contributed by atoms with Crippen LogP contribution in [0.25, 0.3) is 0 Å². The van der Waals surface area contributed by atoms with Gasteiger partial charge in [-0.1, -0.05) is 0 Å². The molecule has 0 fully saturated rings. The molecular formula is C18H24N4O3. The molecule has 2 heterocycles. The van der Waals surface area contributed by atoms with Crippen molar-refractivity contribution in [3.8, 4) is 11.5 Å². The van der Waals surface area contributed by atoms with E-state index in [0.717, 1.165) is 19.4 Å². The van der Waals surface area contributed by atoms with E-state index in [9.17, 15) is 4.79 Å². The van der Waals surface area contributed by atoms with Crippen molar-refractivity contribution in [2.24, 2.45) is 0 Å². The fourth-order valence-corrected chi connectivity index (χ4v) is 3.07. The largest absolute Gasteiger partial charge is 0.493 e. The first-order valence-electron chi connectivity index (χ1n) is 8.44. The zero-order valence-corrected chi connectivity index (χ0v) is 14.6. The third kappa shape index (κ3) is 4.30. The third-order valence-electron chi connectivity index (χ3n) is 4.42. The van der Waals surface area contributed by atoms with Crippen molar-refractivity contribution in [2.45, 2.75) is 31.8 Å². The van der Waals surface area contributed by atoms with E-state index in [1.54, 1.807) is 32.4 Å². The number of nitrogens with one attached hydrogen (secondary N) is 2. The predicted octanol–water partition coefficient (Wildman–Crippen LogP) is 1.83. The summed E-state index contributed by atoms with van der Waals surface area (Å²) in [5.74, 6) is 1.21. The average molecular weight is 344 g/mol. The number of benzene rings is 1. The normalized spacial score (nSPS) is 16.2. The maximum atomic E-state index is 12.1. The van der Waals surface area contributed by atoms with E-state index in [4.69, 9.17) is 9.47 Å². The summed E-state index contributed by atoms with van der Waals surface area (Å²) in [5.41, 5.74) is 1.95. The number of fused-ring (bicyclic) bond motifs is 1. The highest BCUT2D eigenvalue weighted by atomic mass is 16.5. The van der Waals surface area contributed by atoms with Gasteiger partial charge in [-0.05, 0) is 18.6 Å². The molecule has 7 heteroatoms. The number of carbonyl (C=O) groups excluding carboxylic acids is 1. The van der Waals surface area contributed by atoms with Crippen LogP contribution in [0.3, 0.4) is 0 Å². The molecule has 1 aliphatic heterocycles. The summed E-state index contributed by atoms with van der Waals surface area (Å²) in [6.45, 7) is 1.63. The van der Waals surface area contributed by atoms with E-state index in [2.05, 4.69) is 20.2 Å². The number of aryl methyl sites for hydroxylation is 1. The highest BCUT2D eigenvalue weighted by Crippen LogP contribution is 2.29. The summed E-state index contributed by atoms with van der Waals surface area (Å²) in [7, 11) is 3.16. The number of hydrogen-bond donors (Lipinski definition) is 2. The number of ether oxygens (including phenoxy) is 2. The quantitative estimate of drug-likeness (QED) is 0.801. The van der Waals surface area contributed by atoms with E-state index in [1.165, 1.54) is 5.69 Å². The summed E-state index contributed by atoms with van der Waals surface area (Å²) in [6, 6.07) is 5.73. The summed E-state index contributed by atoms with van der Waals surface area (Å²) >= 11 is 0. The van der Waals surface area contributed by atoms with Crippen molar-refractivity contribution in [1.29, 1.82) is 0 Å². The molecule has 1 unspecified atom stereocenters. The Morgan fingerprint density at radius 2 is 2.16 bits per heavy atom. The van der Waals surface area contributed by atoms with Gasteiger partial charge in [0.15, 0.2) is 11.5 Å². The minimum Gasteiger partial charge on any atom is -0.493 e. The number of nitrogens with zero attached hydrogens (tertiary/aromatic N) is 2. The van der Waals surface area contributed by atoms with Crippen LogP contribution < -0.4 is 20.1 Å². The number of methoxy groups -OCH3 is 2. The Hall–Kier alpha value is -2.54. The van der Waals surface area contributed by atoms with Crippen molar-refractivity contribution < 1.29 is 14.3 Å². The number of amides is 1. The molecule has 0 saturated heterocycles. The van der Waals surface area contributed by atoms with E-state index >= 15 is 0 Å². The number of anilines is 1. The molecule has 2 aromatic rings. The monoisotopic (exact) mass is 344 g/mol. The lowest BCUT2D eigenvalue weighted by atomic mass is 10.0. The lowest BCUT2D eigenvalue weighted by Crippen LogP contribution is -2.37. The number of aromatic nitrogens is 2. The molecule has 0 bridgehead atoms. The molecule has 134 valence electrons. The van der Waals surface area contributed by atoms with Gasteiger partial charge in [-0.2, -0.15) is 0 Å². The van der Waals surface area contributed by atoms with Gasteiger partial charge in [-0.25, -0.2) is 4.98 Å². The van der Waals surface area contributed by atoms with Crippen LogP contribution in [0, 0.1) is 0 Å². The third-order valence-corrected chi connectivity index (χ3v) is 4.42. The van der Waals surface area contributed by atoms with Crippen molar-refractivity contribution >= 4 is 11.6 Å². The van der Waals surface area contributed by atoms with Crippen LogP contribution in [-0.4, -0.2) is 42.3 Å². The summed E-state index contributed by atoms with van der Waals surface area (Å²) in [6.07, 6.45) is 6.22. The fraction of sp³-hybridized carbons (Fsp3) is 0.444. The maximum Gasteiger partial charge on any atom is 0.225 e. The number of rotatable bonds is 7. The standard InChI is InChI=1S/C18H24N4O3/c1-24-16-4-3-14(10-17(16)25-2)21-18(23)5-7-20-13-6-8-22-12-19-11-15(22)9-13/h3-4,10-13,20H,5-9H2,1-2H3,(H,21,23). The van der Waals surface area contributed by atoms with Crippen LogP contribution in [-0.2, 0) is 17.8 Å². The molecule has 1 aromatic heterocycles. The van der Waals surface area contributed by atoms with Crippen LogP contribution in [0.15, 0.2) is 30.7 Å². The molecule has 0 radical (unpaired) electrons. The first-order chi connectivity index (χ1) is 12.2. The predicted molar refractivity (Wildman–Crippen MR) is 95.1 cm³/mol. The lowest BCUT2D eigenvalue weighted by Gasteiger charge is -2.24. The number of hydrogen-bond acceptors (Lipinski definition) is 5. The molecule has 2 N–H and O–H groups in total. The van der Waals surface area contributed by atoms with E-state index in [1.807, 2.05) is 12.5 Å². The molecule has 1 aliphatic rings. The second-order valence-electron chi connectivity index (χ2n) is 6.09. The van der Waals surface area contributed by atoms with E-state index in [-0.39, 0.29) is 5.91 Å². The van der Waals surface area contributed by atoms with Crippen LogP contribution in [0.5, 0.6) is 11.5 Å². The fourth-order valence-electron chi connectivity index (χ4n) is 3.07. The van der Waals surface area contributed by atoms with Crippen LogP contribution >= 0.6 is 0 Å². The zero-order valence-electron chi connectivity index (χ0n) is 14.6. The molecule has 3 rings (SSSR count). The number of imidazole rings is 1. The van der Waals surface area contributed by atoms with Gasteiger partial charge >= 0.3 is 0 Å². The zero-order chi connectivity index (χ0) is 17.6. The molecule has 7 nitrogen and oxygen atoms in total. The van der Waals surface area contributed by atoms with Crippen LogP contribution in [0.4, 0.5) is 5.69 Å². The van der Waals surface area contributed by atoms with Gasteiger partial charge in [-0.15, -0.1) is 0 Å². The summed E-state index contributed by atoms with van der Waals surface area (Å²) < 4.78 is 12.6. The summed E-state index contributed by atoms with van der Waals surface area (Å²) in [5, 5.41) is 6.35. The molecule has 25 heavy (non-hydrogen) atoms. The van der Waals surface area contributed by atoms with Gasteiger partial charge < -0.3 is 24.7 Å². The Balaban J connectivity index is 1.44. The molecule has 1 aromatic carbocycles. The molecule has 1 atom stereocenters. The minimum atomic E-state index is -0.0272. The highest BCUT2D eigenvalue weighted by molar-refractivity contribution is 5.91. The first kappa shape index (κ1) is 17.3. The van der Waals surface area contributed by atoms with E-state index < -0.39 is 0 Å². The average Bonchev–Trinajstić information content (AvgIpc) is 3.09. The van der Waals surface area contributed by atoms with Crippen molar-refractivity contribution in [2.75, 3.05) is 26.1 Å². The maximum absolute atomic E-state index is 12.1. The van der Waals surface area contributed by atoms with Crippen molar-refractivity contribution in [3.63, 3.8) is 0 Å². The van der Waals surface area contributed by atoms with Crippen LogP contribution in [0.1, 0.15) is 18.5 Å². The smallest absolute Gasteiger partial charge is 0.225 e. The molecule has 0 spiro atoms. The second kappa shape index (κ2) is 8.02. The second-order valence-corrected chi connectivity index (χ2v) is 6.09. The Morgan fingerprint density at radius 1 is 1.32 bits per heavy atom.